The number of benzene rings is 1. The molecule has 0 saturated carbocycles. The first-order valence-corrected chi connectivity index (χ1v) is 6.36. The van der Waals surface area contributed by atoms with Gasteiger partial charge in [-0.3, -0.25) is 0 Å². The average molecular weight is 274 g/mol. The van der Waals surface area contributed by atoms with Crippen molar-refractivity contribution in [2.75, 3.05) is 19.8 Å². The summed E-state index contributed by atoms with van der Waals surface area (Å²) in [5.74, 6) is -0.425. The fourth-order valence-electron chi connectivity index (χ4n) is 1.98. The summed E-state index contributed by atoms with van der Waals surface area (Å²) in [7, 11) is 0. The van der Waals surface area contributed by atoms with E-state index >= 15 is 0 Å². The summed E-state index contributed by atoms with van der Waals surface area (Å²) in [4.78, 5) is 0. The Labute approximate surface area is 111 Å². The van der Waals surface area contributed by atoms with Crippen LogP contribution in [-0.4, -0.2) is 30.5 Å². The van der Waals surface area contributed by atoms with Crippen molar-refractivity contribution in [1.29, 1.82) is 0 Å². The predicted octanol–water partition coefficient (Wildman–Crippen LogP) is 2.28. The lowest BCUT2D eigenvalue weighted by Gasteiger charge is -2.24. The minimum atomic E-state index is -0.806. The Balaban J connectivity index is 1.94. The Hall–Kier alpha value is -0.680. The van der Waals surface area contributed by atoms with Crippen LogP contribution in [-0.2, 0) is 4.74 Å². The molecule has 0 bridgehead atoms. The van der Waals surface area contributed by atoms with Crippen LogP contribution in [0.1, 0.15) is 24.9 Å². The maximum Gasteiger partial charge on any atom is 0.142 e. The molecule has 1 aromatic rings. The van der Waals surface area contributed by atoms with Crippen molar-refractivity contribution in [1.82, 2.24) is 5.32 Å². The molecule has 0 aromatic heterocycles. The van der Waals surface area contributed by atoms with E-state index < -0.39 is 11.4 Å². The zero-order valence-electron chi connectivity index (χ0n) is 10.2. The zero-order valence-corrected chi connectivity index (χ0v) is 11.0. The smallest absolute Gasteiger partial charge is 0.142 e. The Morgan fingerprint density at radius 1 is 1.61 bits per heavy atom. The molecule has 2 atom stereocenters. The van der Waals surface area contributed by atoms with Crippen LogP contribution in [0.3, 0.4) is 0 Å². The van der Waals surface area contributed by atoms with E-state index in [1.807, 2.05) is 6.92 Å². The van der Waals surface area contributed by atoms with E-state index in [-0.39, 0.29) is 11.1 Å². The first kappa shape index (κ1) is 13.7. The molecule has 1 saturated heterocycles. The van der Waals surface area contributed by atoms with Gasteiger partial charge < -0.3 is 15.2 Å². The normalized spacial score (nSPS) is 25.3. The molecular formula is C13H17ClFNO2. The van der Waals surface area contributed by atoms with Gasteiger partial charge in [0.05, 0.1) is 11.6 Å². The fourth-order valence-corrected chi connectivity index (χ4v) is 2.10. The van der Waals surface area contributed by atoms with E-state index in [9.17, 15) is 9.50 Å². The lowest BCUT2D eigenvalue weighted by Crippen LogP contribution is -2.41. The summed E-state index contributed by atoms with van der Waals surface area (Å²) in [6.07, 6.45) is 0.627. The minimum absolute atomic E-state index is 0.0543. The van der Waals surface area contributed by atoms with Gasteiger partial charge in [0.2, 0.25) is 0 Å². The molecular weight excluding hydrogens is 257 g/mol. The van der Waals surface area contributed by atoms with Gasteiger partial charge in [-0.2, -0.15) is 0 Å². The third-order valence-corrected chi connectivity index (χ3v) is 3.57. The Morgan fingerprint density at radius 3 is 3.00 bits per heavy atom. The molecule has 2 N–H and O–H groups in total. The van der Waals surface area contributed by atoms with Crippen LogP contribution in [0.5, 0.6) is 0 Å². The fraction of sp³-hybridized carbons (Fsp3) is 0.538. The molecule has 2 unspecified atom stereocenters. The third kappa shape index (κ3) is 3.20. The second-order valence-corrected chi connectivity index (χ2v) is 5.21. The van der Waals surface area contributed by atoms with Crippen LogP contribution in [0.4, 0.5) is 4.39 Å². The molecule has 1 fully saturated rings. The highest BCUT2D eigenvalue weighted by Crippen LogP contribution is 2.22. The number of hydrogen-bond acceptors (Lipinski definition) is 3. The van der Waals surface area contributed by atoms with E-state index in [0.717, 1.165) is 5.56 Å². The number of aliphatic hydroxyl groups is 1. The Morgan fingerprint density at radius 2 is 2.39 bits per heavy atom. The van der Waals surface area contributed by atoms with Crippen molar-refractivity contribution in [3.8, 4) is 0 Å². The standard InChI is InChI=1S/C13H17ClFNO2/c1-9(10-2-3-11(14)12(15)6-10)16-7-13(17)4-5-18-8-13/h2-3,6,9,16-17H,4-5,7-8H2,1H3. The molecule has 1 aromatic carbocycles. The maximum atomic E-state index is 13.3. The van der Waals surface area contributed by atoms with Gasteiger partial charge in [-0.05, 0) is 24.6 Å². The molecule has 5 heteroatoms. The third-order valence-electron chi connectivity index (χ3n) is 3.26. The predicted molar refractivity (Wildman–Crippen MR) is 68.2 cm³/mol. The summed E-state index contributed by atoms with van der Waals surface area (Å²) in [6.45, 7) is 3.28. The second-order valence-electron chi connectivity index (χ2n) is 4.80. The van der Waals surface area contributed by atoms with Crippen LogP contribution in [0.15, 0.2) is 18.2 Å². The Bertz CT molecular complexity index is 421. The lowest BCUT2D eigenvalue weighted by molar-refractivity contribution is 0.0252. The highest BCUT2D eigenvalue weighted by atomic mass is 35.5. The van der Waals surface area contributed by atoms with Gasteiger partial charge >= 0.3 is 0 Å². The molecule has 0 aliphatic carbocycles. The van der Waals surface area contributed by atoms with E-state index in [1.165, 1.54) is 12.1 Å². The minimum Gasteiger partial charge on any atom is -0.386 e. The summed E-state index contributed by atoms with van der Waals surface area (Å²) >= 11 is 5.64. The van der Waals surface area contributed by atoms with Crippen LogP contribution in [0.25, 0.3) is 0 Å². The highest BCUT2D eigenvalue weighted by molar-refractivity contribution is 6.30. The van der Waals surface area contributed by atoms with E-state index in [1.54, 1.807) is 6.07 Å². The number of ether oxygens (including phenoxy) is 1. The van der Waals surface area contributed by atoms with Crippen molar-refractivity contribution >= 4 is 11.6 Å². The molecule has 0 radical (unpaired) electrons. The SMILES string of the molecule is CC(NCC1(O)CCOC1)c1ccc(Cl)c(F)c1. The van der Waals surface area contributed by atoms with Gasteiger partial charge in [-0.25, -0.2) is 4.39 Å². The largest absolute Gasteiger partial charge is 0.386 e. The van der Waals surface area contributed by atoms with Gasteiger partial charge in [0.15, 0.2) is 0 Å². The van der Waals surface area contributed by atoms with Crippen LogP contribution < -0.4 is 5.32 Å². The van der Waals surface area contributed by atoms with Crippen molar-refractivity contribution in [2.24, 2.45) is 0 Å². The monoisotopic (exact) mass is 273 g/mol. The van der Waals surface area contributed by atoms with E-state index in [2.05, 4.69) is 5.32 Å². The van der Waals surface area contributed by atoms with E-state index in [4.69, 9.17) is 16.3 Å². The molecule has 0 spiro atoms. The number of nitrogens with one attached hydrogen (secondary N) is 1. The van der Waals surface area contributed by atoms with Crippen LogP contribution in [0.2, 0.25) is 5.02 Å². The summed E-state index contributed by atoms with van der Waals surface area (Å²) in [5, 5.41) is 13.4. The molecule has 0 amide bonds. The lowest BCUT2D eigenvalue weighted by atomic mass is 10.0. The number of hydrogen-bond donors (Lipinski definition) is 2. The maximum absolute atomic E-state index is 13.3. The molecule has 100 valence electrons. The first-order valence-electron chi connectivity index (χ1n) is 5.99. The topological polar surface area (TPSA) is 41.5 Å². The van der Waals surface area contributed by atoms with Crippen molar-refractivity contribution in [3.63, 3.8) is 0 Å². The summed E-state index contributed by atoms with van der Waals surface area (Å²) in [6, 6.07) is 4.67. The second kappa shape index (κ2) is 5.53. The molecule has 1 aliphatic heterocycles. The quantitative estimate of drug-likeness (QED) is 0.884. The van der Waals surface area contributed by atoms with Gasteiger partial charge in [0, 0.05) is 25.6 Å². The van der Waals surface area contributed by atoms with Crippen LogP contribution in [0, 0.1) is 5.82 Å². The summed E-state index contributed by atoms with van der Waals surface area (Å²) < 4.78 is 18.5. The molecule has 2 rings (SSSR count). The average Bonchev–Trinajstić information content (AvgIpc) is 2.77. The number of rotatable bonds is 4. The molecule has 18 heavy (non-hydrogen) atoms. The molecule has 1 aliphatic rings. The van der Waals surface area contributed by atoms with Gasteiger partial charge in [0.25, 0.3) is 0 Å². The molecule has 1 heterocycles. The van der Waals surface area contributed by atoms with Gasteiger partial charge in [-0.15, -0.1) is 0 Å². The van der Waals surface area contributed by atoms with Crippen molar-refractivity contribution < 1.29 is 14.2 Å². The van der Waals surface area contributed by atoms with Crippen LogP contribution >= 0.6 is 11.6 Å². The van der Waals surface area contributed by atoms with Gasteiger partial charge in [-0.1, -0.05) is 17.7 Å². The van der Waals surface area contributed by atoms with Gasteiger partial charge in [0.1, 0.15) is 11.4 Å². The molecule has 3 nitrogen and oxygen atoms in total. The highest BCUT2D eigenvalue weighted by Gasteiger charge is 2.32. The number of halogens is 2. The van der Waals surface area contributed by atoms with Crippen molar-refractivity contribution in [2.45, 2.75) is 25.0 Å². The van der Waals surface area contributed by atoms with Crippen molar-refractivity contribution in [3.05, 3.63) is 34.6 Å². The summed E-state index contributed by atoms with van der Waals surface area (Å²) in [5.41, 5.74) is -0.00131. The van der Waals surface area contributed by atoms with E-state index in [0.29, 0.717) is 26.2 Å². The first-order chi connectivity index (χ1) is 8.50. The Kier molecular flexibility index (Phi) is 4.22. The zero-order chi connectivity index (χ0) is 13.2.